The van der Waals surface area contributed by atoms with E-state index in [1.165, 1.54) is 0 Å². The van der Waals surface area contributed by atoms with Crippen LogP contribution in [0.5, 0.6) is 0 Å². The van der Waals surface area contributed by atoms with Crippen molar-refractivity contribution in [2.75, 3.05) is 0 Å². The molecule has 1 rings (SSSR count). The van der Waals surface area contributed by atoms with Crippen LogP contribution in [0.4, 0.5) is 0 Å². The summed E-state index contributed by atoms with van der Waals surface area (Å²) in [5.74, 6) is -0.185. The number of carbonyl (C=O) groups is 1. The predicted octanol–water partition coefficient (Wildman–Crippen LogP) is 1.98. The van der Waals surface area contributed by atoms with E-state index < -0.39 is 0 Å². The number of rotatable bonds is 0. The van der Waals surface area contributed by atoms with Crippen molar-refractivity contribution in [2.45, 2.75) is 20.8 Å². The Morgan fingerprint density at radius 3 is 2.27 bits per heavy atom. The van der Waals surface area contributed by atoms with Crippen molar-refractivity contribution in [3.8, 4) is 0 Å². The smallest absolute Gasteiger partial charge is 0.223 e. The van der Waals surface area contributed by atoms with Crippen molar-refractivity contribution in [1.82, 2.24) is 0 Å². The molecule has 0 aromatic heterocycles. The lowest BCUT2D eigenvalue weighted by Gasteiger charge is -2.02. The number of hydrogen-bond donors (Lipinski definition) is 1. The molecule has 1 aliphatic rings. The molecule has 0 saturated heterocycles. The Labute approximate surface area is 66.2 Å². The molecule has 0 bridgehead atoms. The van der Waals surface area contributed by atoms with Crippen LogP contribution in [0.2, 0.25) is 0 Å². The van der Waals surface area contributed by atoms with Gasteiger partial charge in [-0.3, -0.25) is 4.79 Å². The van der Waals surface area contributed by atoms with Crippen LogP contribution in [0.15, 0.2) is 23.0 Å². The fourth-order valence-electron chi connectivity index (χ4n) is 1.33. The third-order valence-electron chi connectivity index (χ3n) is 2.28. The van der Waals surface area contributed by atoms with Crippen LogP contribution in [-0.4, -0.2) is 10.9 Å². The van der Waals surface area contributed by atoms with Crippen LogP contribution in [0.1, 0.15) is 20.8 Å². The first kappa shape index (κ1) is 8.05. The van der Waals surface area contributed by atoms with Crippen LogP contribution in [-0.2, 0) is 4.79 Å². The SMILES string of the molecule is C/C=C1\C(=O)C(O)=C(C)[C@H]1C. The summed E-state index contributed by atoms with van der Waals surface area (Å²) >= 11 is 0. The van der Waals surface area contributed by atoms with Crippen molar-refractivity contribution < 1.29 is 9.90 Å². The normalized spacial score (nSPS) is 28.8. The topological polar surface area (TPSA) is 37.3 Å². The number of ketones is 1. The molecule has 0 radical (unpaired) electrons. The number of hydrogen-bond acceptors (Lipinski definition) is 2. The van der Waals surface area contributed by atoms with Crippen molar-refractivity contribution in [2.24, 2.45) is 5.92 Å². The molecule has 1 aliphatic carbocycles. The maximum absolute atomic E-state index is 11.2. The van der Waals surface area contributed by atoms with Gasteiger partial charge in [0.1, 0.15) is 0 Å². The molecule has 0 heterocycles. The molecule has 60 valence electrons. The summed E-state index contributed by atoms with van der Waals surface area (Å²) in [5.41, 5.74) is 1.49. The highest BCUT2D eigenvalue weighted by Crippen LogP contribution is 2.31. The van der Waals surface area contributed by atoms with Gasteiger partial charge in [0.25, 0.3) is 0 Å². The second-order valence-corrected chi connectivity index (χ2v) is 2.83. The van der Waals surface area contributed by atoms with Crippen molar-refractivity contribution in [3.63, 3.8) is 0 Å². The fraction of sp³-hybridized carbons (Fsp3) is 0.444. The molecule has 0 unspecified atom stereocenters. The molecule has 0 saturated carbocycles. The summed E-state index contributed by atoms with van der Waals surface area (Å²) < 4.78 is 0. The largest absolute Gasteiger partial charge is 0.504 e. The first-order valence-corrected chi connectivity index (χ1v) is 3.70. The van der Waals surface area contributed by atoms with Gasteiger partial charge in [0, 0.05) is 11.5 Å². The van der Waals surface area contributed by atoms with Crippen LogP contribution in [0, 0.1) is 5.92 Å². The van der Waals surface area contributed by atoms with E-state index >= 15 is 0 Å². The average Bonchev–Trinajstić information content (AvgIpc) is 2.17. The molecule has 2 heteroatoms. The van der Waals surface area contributed by atoms with Crippen LogP contribution >= 0.6 is 0 Å². The minimum atomic E-state index is -0.211. The van der Waals surface area contributed by atoms with E-state index in [0.717, 1.165) is 5.57 Å². The highest BCUT2D eigenvalue weighted by atomic mass is 16.3. The molecule has 0 spiro atoms. The number of aliphatic hydroxyl groups excluding tert-OH is 1. The van der Waals surface area contributed by atoms with E-state index in [0.29, 0.717) is 5.57 Å². The zero-order valence-electron chi connectivity index (χ0n) is 7.01. The summed E-state index contributed by atoms with van der Waals surface area (Å²) in [4.78, 5) is 11.2. The molecule has 1 atom stereocenters. The van der Waals surface area contributed by atoms with Gasteiger partial charge in [0.2, 0.25) is 5.78 Å². The second-order valence-electron chi connectivity index (χ2n) is 2.83. The van der Waals surface area contributed by atoms with E-state index in [4.69, 9.17) is 0 Å². The van der Waals surface area contributed by atoms with E-state index in [-0.39, 0.29) is 17.5 Å². The zero-order chi connectivity index (χ0) is 8.59. The highest BCUT2D eigenvalue weighted by Gasteiger charge is 2.30. The van der Waals surface area contributed by atoms with Crippen LogP contribution in [0.25, 0.3) is 0 Å². The van der Waals surface area contributed by atoms with Gasteiger partial charge in [-0.1, -0.05) is 13.0 Å². The van der Waals surface area contributed by atoms with Gasteiger partial charge in [-0.2, -0.15) is 0 Å². The molecule has 0 amide bonds. The van der Waals surface area contributed by atoms with Crippen molar-refractivity contribution >= 4 is 5.78 Å². The molecule has 1 N–H and O–H groups in total. The lowest BCUT2D eigenvalue weighted by atomic mass is 10.00. The van der Waals surface area contributed by atoms with Gasteiger partial charge in [-0.25, -0.2) is 0 Å². The van der Waals surface area contributed by atoms with Crippen LogP contribution in [0.3, 0.4) is 0 Å². The molecule has 11 heavy (non-hydrogen) atoms. The van der Waals surface area contributed by atoms with Gasteiger partial charge < -0.3 is 5.11 Å². The molecule has 2 nitrogen and oxygen atoms in total. The molecule has 0 aliphatic heterocycles. The minimum Gasteiger partial charge on any atom is -0.504 e. The van der Waals surface area contributed by atoms with Crippen molar-refractivity contribution in [3.05, 3.63) is 23.0 Å². The molecule has 0 aromatic carbocycles. The van der Waals surface area contributed by atoms with Gasteiger partial charge in [0.15, 0.2) is 5.76 Å². The average molecular weight is 152 g/mol. The van der Waals surface area contributed by atoms with Crippen LogP contribution < -0.4 is 0 Å². The summed E-state index contributed by atoms with van der Waals surface area (Å²) in [6.45, 7) is 5.52. The maximum atomic E-state index is 11.2. The third kappa shape index (κ3) is 0.985. The van der Waals surface area contributed by atoms with Crippen molar-refractivity contribution in [1.29, 1.82) is 0 Å². The fourth-order valence-corrected chi connectivity index (χ4v) is 1.33. The Balaban J connectivity index is 3.12. The summed E-state index contributed by atoms with van der Waals surface area (Å²) in [6, 6.07) is 0. The number of allylic oxidation sites excluding steroid dienone is 3. The minimum absolute atomic E-state index is 0.0643. The lowest BCUT2D eigenvalue weighted by Crippen LogP contribution is -2.01. The second kappa shape index (κ2) is 2.53. The first-order valence-electron chi connectivity index (χ1n) is 3.70. The van der Waals surface area contributed by atoms with E-state index in [2.05, 4.69) is 0 Å². The Kier molecular flexibility index (Phi) is 1.85. The van der Waals surface area contributed by atoms with E-state index in [9.17, 15) is 9.90 Å². The predicted molar refractivity (Wildman–Crippen MR) is 43.3 cm³/mol. The monoisotopic (exact) mass is 152 g/mol. The number of Topliss-reactive ketones (excluding diaryl/α,β-unsaturated/α-hetero) is 1. The summed E-state index contributed by atoms with van der Waals surface area (Å²) in [5, 5.41) is 9.23. The Hall–Kier alpha value is -1.05. The molecular weight excluding hydrogens is 140 g/mol. The van der Waals surface area contributed by atoms with E-state index in [1.54, 1.807) is 13.0 Å². The maximum Gasteiger partial charge on any atom is 0.223 e. The highest BCUT2D eigenvalue weighted by molar-refractivity contribution is 6.10. The zero-order valence-corrected chi connectivity index (χ0v) is 7.01. The Morgan fingerprint density at radius 1 is 1.55 bits per heavy atom. The summed E-state index contributed by atoms with van der Waals surface area (Å²) in [6.07, 6.45) is 1.76. The Bertz CT molecular complexity index is 259. The first-order chi connectivity index (χ1) is 5.09. The Morgan fingerprint density at radius 2 is 2.09 bits per heavy atom. The third-order valence-corrected chi connectivity index (χ3v) is 2.28. The lowest BCUT2D eigenvalue weighted by molar-refractivity contribution is -0.114. The quantitative estimate of drug-likeness (QED) is 0.539. The van der Waals surface area contributed by atoms with Gasteiger partial charge in [0.05, 0.1) is 0 Å². The van der Waals surface area contributed by atoms with Gasteiger partial charge >= 0.3 is 0 Å². The molecule has 0 aromatic rings. The standard InChI is InChI=1S/C9H12O2/c1-4-7-5(2)6(3)8(10)9(7)11/h4-5,10H,1-3H3/b7-4-/t5-/m1/s1. The van der Waals surface area contributed by atoms with E-state index in [1.807, 2.05) is 13.8 Å². The number of carbonyl (C=O) groups excluding carboxylic acids is 1. The number of aliphatic hydroxyl groups is 1. The molecular formula is C9H12O2. The van der Waals surface area contributed by atoms with Gasteiger partial charge in [-0.15, -0.1) is 0 Å². The molecule has 0 fully saturated rings. The van der Waals surface area contributed by atoms with Gasteiger partial charge in [-0.05, 0) is 19.4 Å². The summed E-state index contributed by atoms with van der Waals surface area (Å²) in [7, 11) is 0.